The molecule has 5 nitrogen and oxygen atoms in total. The lowest BCUT2D eigenvalue weighted by Gasteiger charge is -2.10. The average molecular weight is 386 g/mol. The molecule has 2 N–H and O–H groups in total. The summed E-state index contributed by atoms with van der Waals surface area (Å²) >= 11 is 0. The van der Waals surface area contributed by atoms with E-state index in [1.807, 2.05) is 43.3 Å². The van der Waals surface area contributed by atoms with Crippen molar-refractivity contribution < 1.29 is 14.7 Å². The van der Waals surface area contributed by atoms with Crippen molar-refractivity contribution in [3.05, 3.63) is 82.9 Å². The topological polar surface area (TPSA) is 79.4 Å². The van der Waals surface area contributed by atoms with E-state index in [4.69, 9.17) is 4.52 Å². The maximum absolute atomic E-state index is 9.60. The van der Waals surface area contributed by atoms with Gasteiger partial charge in [-0.25, -0.2) is 0 Å². The molecule has 0 aliphatic carbocycles. The second kappa shape index (κ2) is 7.99. The first-order chi connectivity index (χ1) is 14.1. The molecule has 0 atom stereocenters. The van der Waals surface area contributed by atoms with Gasteiger partial charge in [-0.15, -0.1) is 0 Å². The Bertz CT molecular complexity index is 1150. The molecular formula is C24H22N2O3. The van der Waals surface area contributed by atoms with Crippen molar-refractivity contribution in [2.75, 3.05) is 0 Å². The number of aliphatic hydroxyl groups excluding tert-OH is 2. The van der Waals surface area contributed by atoms with Crippen molar-refractivity contribution >= 4 is 0 Å². The molecule has 0 saturated heterocycles. The van der Waals surface area contributed by atoms with Gasteiger partial charge in [-0.05, 0) is 71.5 Å². The largest absolute Gasteiger partial charge is 0.392 e. The van der Waals surface area contributed by atoms with Gasteiger partial charge in [0.05, 0.1) is 13.2 Å². The van der Waals surface area contributed by atoms with Crippen LogP contribution in [-0.2, 0) is 13.2 Å². The van der Waals surface area contributed by atoms with E-state index in [1.165, 1.54) is 5.56 Å². The fourth-order valence-electron chi connectivity index (χ4n) is 3.58. The van der Waals surface area contributed by atoms with Crippen molar-refractivity contribution in [2.45, 2.75) is 27.1 Å². The molecule has 1 heterocycles. The highest BCUT2D eigenvalue weighted by Crippen LogP contribution is 2.30. The van der Waals surface area contributed by atoms with Crippen LogP contribution in [0.25, 0.3) is 34.0 Å². The molecule has 5 heteroatoms. The van der Waals surface area contributed by atoms with E-state index in [-0.39, 0.29) is 13.2 Å². The number of benzene rings is 3. The summed E-state index contributed by atoms with van der Waals surface area (Å²) in [4.78, 5) is 4.54. The van der Waals surface area contributed by atoms with Gasteiger partial charge in [0.25, 0.3) is 5.89 Å². The summed E-state index contributed by atoms with van der Waals surface area (Å²) in [7, 11) is 0. The zero-order valence-corrected chi connectivity index (χ0v) is 16.4. The van der Waals surface area contributed by atoms with Gasteiger partial charge in [-0.1, -0.05) is 41.6 Å². The van der Waals surface area contributed by atoms with Crippen LogP contribution in [0, 0.1) is 13.8 Å². The Hall–Kier alpha value is -3.28. The fraction of sp³-hybridized carbons (Fsp3) is 0.167. The molecule has 0 spiro atoms. The standard InChI is InChI=1S/C24H22N2O3/c1-15-10-18(8-9-21(15)17-6-4-3-5-7-17)24-25-23(26-29-24)19-11-16(2)22(14-28)20(12-19)13-27/h3-12,27-28H,13-14H2,1-2H3. The highest BCUT2D eigenvalue weighted by molar-refractivity contribution is 5.71. The van der Waals surface area contributed by atoms with Crippen LogP contribution in [0.1, 0.15) is 22.3 Å². The molecule has 3 aromatic carbocycles. The van der Waals surface area contributed by atoms with E-state index in [0.717, 1.165) is 33.4 Å². The molecule has 4 aromatic rings. The molecule has 1 aromatic heterocycles. The average Bonchev–Trinajstić information content (AvgIpc) is 3.24. The van der Waals surface area contributed by atoms with Gasteiger partial charge in [0.1, 0.15) is 0 Å². The van der Waals surface area contributed by atoms with Crippen LogP contribution in [0.3, 0.4) is 0 Å². The summed E-state index contributed by atoms with van der Waals surface area (Å²) in [6, 6.07) is 20.0. The first-order valence-corrected chi connectivity index (χ1v) is 9.45. The van der Waals surface area contributed by atoms with Crippen molar-refractivity contribution in [3.8, 4) is 34.0 Å². The van der Waals surface area contributed by atoms with Gasteiger partial charge >= 0.3 is 0 Å². The van der Waals surface area contributed by atoms with Crippen LogP contribution in [0.5, 0.6) is 0 Å². The molecule has 0 aliphatic heterocycles. The van der Waals surface area contributed by atoms with Crippen LogP contribution >= 0.6 is 0 Å². The minimum atomic E-state index is -0.157. The smallest absolute Gasteiger partial charge is 0.258 e. The van der Waals surface area contributed by atoms with Gasteiger partial charge in [0, 0.05) is 11.1 Å². The maximum Gasteiger partial charge on any atom is 0.258 e. The molecule has 146 valence electrons. The molecule has 0 bridgehead atoms. The molecule has 0 aliphatic rings. The van der Waals surface area contributed by atoms with Crippen LogP contribution < -0.4 is 0 Å². The number of hydrogen-bond donors (Lipinski definition) is 2. The number of aromatic nitrogens is 2. The molecule has 29 heavy (non-hydrogen) atoms. The molecule has 0 amide bonds. The summed E-state index contributed by atoms with van der Waals surface area (Å²) < 4.78 is 5.50. The second-order valence-corrected chi connectivity index (χ2v) is 7.07. The highest BCUT2D eigenvalue weighted by atomic mass is 16.5. The molecule has 0 saturated carbocycles. The minimum absolute atomic E-state index is 0.119. The molecule has 0 fully saturated rings. The summed E-state index contributed by atoms with van der Waals surface area (Å²) in [5, 5.41) is 23.2. The van der Waals surface area contributed by atoms with E-state index in [9.17, 15) is 10.2 Å². The number of aliphatic hydroxyl groups is 2. The van der Waals surface area contributed by atoms with Crippen molar-refractivity contribution in [2.24, 2.45) is 0 Å². The van der Waals surface area contributed by atoms with Crippen molar-refractivity contribution in [1.29, 1.82) is 0 Å². The minimum Gasteiger partial charge on any atom is -0.392 e. The Morgan fingerprint density at radius 2 is 1.55 bits per heavy atom. The van der Waals surface area contributed by atoms with Gasteiger partial charge in [-0.2, -0.15) is 4.98 Å². The summed E-state index contributed by atoms with van der Waals surface area (Å²) in [5.74, 6) is 0.893. The third kappa shape index (κ3) is 3.70. The molecular weight excluding hydrogens is 364 g/mol. The Morgan fingerprint density at radius 3 is 2.24 bits per heavy atom. The summed E-state index contributed by atoms with van der Waals surface area (Å²) in [5.41, 5.74) is 7.32. The first-order valence-electron chi connectivity index (χ1n) is 9.45. The molecule has 4 rings (SSSR count). The van der Waals surface area contributed by atoms with Gasteiger partial charge in [0.15, 0.2) is 0 Å². The lowest BCUT2D eigenvalue weighted by molar-refractivity contribution is 0.259. The summed E-state index contributed by atoms with van der Waals surface area (Å²) in [6.07, 6.45) is 0. The SMILES string of the molecule is Cc1cc(-c2nc(-c3cc(C)c(CO)c(CO)c3)no2)ccc1-c1ccccc1. The van der Waals surface area contributed by atoms with E-state index >= 15 is 0 Å². The fourth-order valence-corrected chi connectivity index (χ4v) is 3.58. The Kier molecular flexibility index (Phi) is 5.25. The van der Waals surface area contributed by atoms with E-state index in [2.05, 4.69) is 35.3 Å². The zero-order valence-electron chi connectivity index (χ0n) is 16.4. The second-order valence-electron chi connectivity index (χ2n) is 7.07. The van der Waals surface area contributed by atoms with Crippen LogP contribution in [0.4, 0.5) is 0 Å². The van der Waals surface area contributed by atoms with Gasteiger partial charge in [0.2, 0.25) is 5.82 Å². The van der Waals surface area contributed by atoms with Crippen LogP contribution in [0.2, 0.25) is 0 Å². The number of hydrogen-bond acceptors (Lipinski definition) is 5. The predicted octanol–water partition coefficient (Wildman–Crippen LogP) is 4.67. The summed E-state index contributed by atoms with van der Waals surface area (Å²) in [6.45, 7) is 3.68. The predicted molar refractivity (Wildman–Crippen MR) is 112 cm³/mol. The highest BCUT2D eigenvalue weighted by Gasteiger charge is 2.15. The van der Waals surface area contributed by atoms with E-state index in [1.54, 1.807) is 6.07 Å². The molecule has 0 unspecified atom stereocenters. The van der Waals surface area contributed by atoms with Crippen molar-refractivity contribution in [1.82, 2.24) is 10.1 Å². The Balaban J connectivity index is 1.68. The quantitative estimate of drug-likeness (QED) is 0.521. The monoisotopic (exact) mass is 386 g/mol. The van der Waals surface area contributed by atoms with Gasteiger partial charge in [-0.3, -0.25) is 0 Å². The van der Waals surface area contributed by atoms with E-state index in [0.29, 0.717) is 17.3 Å². The number of rotatable bonds is 5. The lowest BCUT2D eigenvalue weighted by Crippen LogP contribution is -1.99. The van der Waals surface area contributed by atoms with Crippen molar-refractivity contribution in [3.63, 3.8) is 0 Å². The number of aryl methyl sites for hydroxylation is 2. The van der Waals surface area contributed by atoms with Crippen LogP contribution in [-0.4, -0.2) is 20.4 Å². The lowest BCUT2D eigenvalue weighted by atomic mass is 9.98. The molecule has 0 radical (unpaired) electrons. The zero-order chi connectivity index (χ0) is 20.4. The Labute approximate surface area is 169 Å². The number of nitrogens with zero attached hydrogens (tertiary/aromatic N) is 2. The van der Waals surface area contributed by atoms with E-state index < -0.39 is 0 Å². The first kappa shape index (κ1) is 19.1. The maximum atomic E-state index is 9.60. The normalized spacial score (nSPS) is 11.0. The Morgan fingerprint density at radius 1 is 0.793 bits per heavy atom. The van der Waals surface area contributed by atoms with Crippen LogP contribution in [0.15, 0.2) is 65.2 Å². The third-order valence-corrected chi connectivity index (χ3v) is 5.14. The third-order valence-electron chi connectivity index (χ3n) is 5.14. The van der Waals surface area contributed by atoms with Gasteiger partial charge < -0.3 is 14.7 Å².